The van der Waals surface area contributed by atoms with Crippen molar-refractivity contribution in [1.29, 1.82) is 0 Å². The normalized spacial score (nSPS) is 26.0. The number of likely N-dealkylation sites (tertiary alicyclic amines) is 2. The van der Waals surface area contributed by atoms with Gasteiger partial charge in [-0.05, 0) is 63.7 Å². The van der Waals surface area contributed by atoms with Gasteiger partial charge in [0.2, 0.25) is 0 Å². The summed E-state index contributed by atoms with van der Waals surface area (Å²) in [5, 5.41) is 0. The molecular weight excluding hydrogens is 222 g/mol. The molecule has 2 fully saturated rings. The van der Waals surface area contributed by atoms with Crippen LogP contribution in [0.15, 0.2) is 0 Å². The molecule has 2 aliphatic rings. The Morgan fingerprint density at radius 1 is 0.889 bits per heavy atom. The number of rotatable bonds is 4. The number of piperidine rings is 2. The van der Waals surface area contributed by atoms with Crippen molar-refractivity contribution in [2.75, 3.05) is 39.3 Å². The predicted octanol–water partition coefficient (Wildman–Crippen LogP) is 1.78. The molecule has 0 bridgehead atoms. The van der Waals surface area contributed by atoms with E-state index in [1.807, 2.05) is 0 Å². The van der Waals surface area contributed by atoms with Gasteiger partial charge in [0.15, 0.2) is 0 Å². The van der Waals surface area contributed by atoms with Crippen LogP contribution in [0.2, 0.25) is 0 Å². The Balaban J connectivity index is 1.60. The average Bonchev–Trinajstić information content (AvgIpc) is 2.38. The molecule has 18 heavy (non-hydrogen) atoms. The largest absolute Gasteiger partial charge is 0.328 e. The molecule has 3 heteroatoms. The second-order valence-electron chi connectivity index (χ2n) is 6.60. The zero-order chi connectivity index (χ0) is 13.0. The third kappa shape index (κ3) is 4.22. The Hall–Kier alpha value is -0.120. The molecule has 2 N–H and O–H groups in total. The molecule has 106 valence electrons. The van der Waals surface area contributed by atoms with Crippen LogP contribution in [0.1, 0.15) is 39.5 Å². The number of hydrogen-bond acceptors (Lipinski definition) is 3. The molecule has 0 aliphatic carbocycles. The first-order valence-corrected chi connectivity index (χ1v) is 7.85. The average molecular weight is 253 g/mol. The van der Waals surface area contributed by atoms with Gasteiger partial charge in [-0.15, -0.1) is 0 Å². The third-order valence-electron chi connectivity index (χ3n) is 4.94. The monoisotopic (exact) mass is 253 g/mol. The lowest BCUT2D eigenvalue weighted by atomic mass is 9.87. The maximum Gasteiger partial charge on any atom is 0.0109 e. The van der Waals surface area contributed by atoms with Crippen molar-refractivity contribution in [2.45, 2.75) is 45.6 Å². The Bertz CT molecular complexity index is 226. The van der Waals surface area contributed by atoms with Gasteiger partial charge < -0.3 is 15.5 Å². The summed E-state index contributed by atoms with van der Waals surface area (Å²) in [6.07, 6.45) is 5.19. The van der Waals surface area contributed by atoms with Gasteiger partial charge in [-0.2, -0.15) is 0 Å². The van der Waals surface area contributed by atoms with Gasteiger partial charge in [0.1, 0.15) is 0 Å². The van der Waals surface area contributed by atoms with Gasteiger partial charge in [0.25, 0.3) is 0 Å². The van der Waals surface area contributed by atoms with Crippen LogP contribution in [0.4, 0.5) is 0 Å². The molecule has 2 heterocycles. The van der Waals surface area contributed by atoms with E-state index in [0.29, 0.717) is 6.04 Å². The fourth-order valence-electron chi connectivity index (χ4n) is 3.30. The maximum absolute atomic E-state index is 5.94. The highest BCUT2D eigenvalue weighted by Gasteiger charge is 2.22. The summed E-state index contributed by atoms with van der Waals surface area (Å²) in [5.41, 5.74) is 5.94. The van der Waals surface area contributed by atoms with Crippen LogP contribution in [0.5, 0.6) is 0 Å². The van der Waals surface area contributed by atoms with Crippen molar-refractivity contribution < 1.29 is 0 Å². The van der Waals surface area contributed by atoms with E-state index in [4.69, 9.17) is 5.73 Å². The van der Waals surface area contributed by atoms with Crippen LogP contribution in [-0.2, 0) is 0 Å². The Morgan fingerprint density at radius 2 is 1.33 bits per heavy atom. The summed E-state index contributed by atoms with van der Waals surface area (Å²) in [6.45, 7) is 12.3. The minimum Gasteiger partial charge on any atom is -0.328 e. The van der Waals surface area contributed by atoms with E-state index in [2.05, 4.69) is 23.6 Å². The minimum atomic E-state index is 0.461. The topological polar surface area (TPSA) is 32.5 Å². The van der Waals surface area contributed by atoms with E-state index < -0.39 is 0 Å². The summed E-state index contributed by atoms with van der Waals surface area (Å²) in [4.78, 5) is 5.26. The van der Waals surface area contributed by atoms with Gasteiger partial charge in [0.05, 0.1) is 0 Å². The lowest BCUT2D eigenvalue weighted by Crippen LogP contribution is -2.44. The summed E-state index contributed by atoms with van der Waals surface area (Å²) in [7, 11) is 0. The molecule has 0 aromatic heterocycles. The fraction of sp³-hybridized carbons (Fsp3) is 1.00. The van der Waals surface area contributed by atoms with Gasteiger partial charge in [-0.25, -0.2) is 0 Å². The highest BCUT2D eigenvalue weighted by Crippen LogP contribution is 2.24. The zero-order valence-corrected chi connectivity index (χ0v) is 12.3. The van der Waals surface area contributed by atoms with E-state index in [-0.39, 0.29) is 0 Å². The molecule has 0 aromatic rings. The van der Waals surface area contributed by atoms with Crippen molar-refractivity contribution in [2.24, 2.45) is 17.6 Å². The number of hydrogen-bond donors (Lipinski definition) is 1. The molecule has 0 amide bonds. The van der Waals surface area contributed by atoms with Crippen LogP contribution in [0.25, 0.3) is 0 Å². The molecule has 0 aromatic carbocycles. The van der Waals surface area contributed by atoms with Crippen molar-refractivity contribution in [3.8, 4) is 0 Å². The quantitative estimate of drug-likeness (QED) is 0.829. The van der Waals surface area contributed by atoms with Gasteiger partial charge in [0, 0.05) is 19.1 Å². The number of nitrogens with zero attached hydrogens (tertiary/aromatic N) is 2. The summed E-state index contributed by atoms with van der Waals surface area (Å²) in [5.74, 6) is 1.84. The molecule has 0 spiro atoms. The third-order valence-corrected chi connectivity index (χ3v) is 4.94. The molecule has 0 unspecified atom stereocenters. The van der Waals surface area contributed by atoms with Crippen LogP contribution in [0.3, 0.4) is 0 Å². The van der Waals surface area contributed by atoms with Gasteiger partial charge in [-0.1, -0.05) is 13.8 Å². The SMILES string of the molecule is CC(C)C1CCN(CCN2CCC(N)CC2)CC1. The van der Waals surface area contributed by atoms with Crippen LogP contribution >= 0.6 is 0 Å². The van der Waals surface area contributed by atoms with Crippen molar-refractivity contribution >= 4 is 0 Å². The zero-order valence-electron chi connectivity index (χ0n) is 12.3. The summed E-state index contributed by atoms with van der Waals surface area (Å²) in [6, 6.07) is 0.461. The first-order chi connectivity index (χ1) is 8.65. The summed E-state index contributed by atoms with van der Waals surface area (Å²) < 4.78 is 0. The second kappa shape index (κ2) is 6.88. The molecule has 2 saturated heterocycles. The highest BCUT2D eigenvalue weighted by molar-refractivity contribution is 4.77. The Morgan fingerprint density at radius 3 is 1.78 bits per heavy atom. The molecule has 2 aliphatic heterocycles. The number of nitrogens with two attached hydrogens (primary N) is 1. The van der Waals surface area contributed by atoms with Gasteiger partial charge in [-0.3, -0.25) is 0 Å². The molecule has 2 rings (SSSR count). The van der Waals surface area contributed by atoms with E-state index in [0.717, 1.165) is 11.8 Å². The fourth-order valence-corrected chi connectivity index (χ4v) is 3.30. The van der Waals surface area contributed by atoms with Crippen LogP contribution in [-0.4, -0.2) is 55.1 Å². The Labute approximate surface area is 113 Å². The standard InChI is InChI=1S/C15H31N3/c1-13(2)14-3-7-17(8-4-14)11-12-18-9-5-15(16)6-10-18/h13-15H,3-12,16H2,1-2H3. The van der Waals surface area contributed by atoms with Crippen molar-refractivity contribution in [3.05, 3.63) is 0 Å². The van der Waals surface area contributed by atoms with E-state index >= 15 is 0 Å². The molecule has 3 nitrogen and oxygen atoms in total. The lowest BCUT2D eigenvalue weighted by molar-refractivity contribution is 0.128. The van der Waals surface area contributed by atoms with Crippen molar-refractivity contribution in [1.82, 2.24) is 9.80 Å². The lowest BCUT2D eigenvalue weighted by Gasteiger charge is -2.36. The first-order valence-electron chi connectivity index (χ1n) is 7.85. The van der Waals surface area contributed by atoms with Gasteiger partial charge >= 0.3 is 0 Å². The Kier molecular flexibility index (Phi) is 5.46. The van der Waals surface area contributed by atoms with Crippen LogP contribution in [0, 0.1) is 11.8 Å². The predicted molar refractivity (Wildman–Crippen MR) is 77.7 cm³/mol. The van der Waals surface area contributed by atoms with E-state index in [9.17, 15) is 0 Å². The molecular formula is C15H31N3. The summed E-state index contributed by atoms with van der Waals surface area (Å²) >= 11 is 0. The maximum atomic E-state index is 5.94. The van der Waals surface area contributed by atoms with Crippen LogP contribution < -0.4 is 5.73 Å². The smallest absolute Gasteiger partial charge is 0.0109 e. The molecule has 0 atom stereocenters. The van der Waals surface area contributed by atoms with E-state index in [1.54, 1.807) is 0 Å². The second-order valence-corrected chi connectivity index (χ2v) is 6.60. The highest BCUT2D eigenvalue weighted by atomic mass is 15.2. The molecule has 0 saturated carbocycles. The minimum absolute atomic E-state index is 0.461. The molecule has 0 radical (unpaired) electrons. The van der Waals surface area contributed by atoms with Crippen molar-refractivity contribution in [3.63, 3.8) is 0 Å². The van der Waals surface area contributed by atoms with E-state index in [1.165, 1.54) is 65.0 Å². The first kappa shape index (κ1) is 14.3.